The Morgan fingerprint density at radius 3 is 2.48 bits per heavy atom. The van der Waals surface area contributed by atoms with Crippen LogP contribution in [0.15, 0.2) is 64.3 Å². The summed E-state index contributed by atoms with van der Waals surface area (Å²) in [6.07, 6.45) is 5.62. The summed E-state index contributed by atoms with van der Waals surface area (Å²) in [6.45, 7) is 10.5. The lowest BCUT2D eigenvalue weighted by molar-refractivity contribution is -0.186. The Kier molecular flexibility index (Phi) is 5.14. The third kappa shape index (κ3) is 2.86. The lowest BCUT2D eigenvalue weighted by atomic mass is 9.42. The first-order valence-corrected chi connectivity index (χ1v) is 14.2. The number of esters is 1. The number of allylic oxidation sites excluding steroid dienone is 2. The number of hydrogen-bond donors (Lipinski definition) is 1. The van der Waals surface area contributed by atoms with Crippen LogP contribution in [0.25, 0.3) is 11.3 Å². The Labute approximate surface area is 233 Å². The van der Waals surface area contributed by atoms with Gasteiger partial charge in [0.1, 0.15) is 18.0 Å². The molecule has 2 aromatic rings. The number of ketones is 1. The number of furan rings is 1. The minimum atomic E-state index is -0.968. The van der Waals surface area contributed by atoms with Crippen LogP contribution in [0.2, 0.25) is 0 Å². The molecule has 5 aliphatic rings. The number of aromatic carboxylic acids is 1. The van der Waals surface area contributed by atoms with Crippen molar-refractivity contribution >= 4 is 17.7 Å². The first-order chi connectivity index (χ1) is 19.0. The lowest BCUT2D eigenvalue weighted by Gasteiger charge is -2.59. The molecule has 0 unspecified atom stereocenters. The molecule has 1 aromatic carbocycles. The van der Waals surface area contributed by atoms with Crippen molar-refractivity contribution in [2.45, 2.75) is 71.7 Å². The minimum absolute atomic E-state index is 0.0291. The Hall–Kier alpha value is -3.45. The first-order valence-electron chi connectivity index (χ1n) is 14.2. The average Bonchev–Trinajstić information content (AvgIpc) is 3.65. The lowest BCUT2D eigenvalue weighted by Crippen LogP contribution is -2.65. The molecular weight excluding hydrogens is 508 g/mol. The molecule has 0 spiro atoms. The number of carboxylic acid groups (broad SMARTS) is 1. The van der Waals surface area contributed by atoms with E-state index in [1.807, 2.05) is 13.0 Å². The van der Waals surface area contributed by atoms with Gasteiger partial charge in [0.05, 0.1) is 23.3 Å². The Morgan fingerprint density at radius 1 is 1.07 bits per heavy atom. The highest BCUT2D eigenvalue weighted by Gasteiger charge is 2.77. The van der Waals surface area contributed by atoms with E-state index in [4.69, 9.17) is 13.9 Å². The van der Waals surface area contributed by atoms with Crippen molar-refractivity contribution in [2.75, 3.05) is 0 Å². The van der Waals surface area contributed by atoms with Crippen LogP contribution in [0.1, 0.15) is 69.3 Å². The van der Waals surface area contributed by atoms with Crippen LogP contribution in [0.3, 0.4) is 0 Å². The van der Waals surface area contributed by atoms with Crippen LogP contribution < -0.4 is 0 Å². The molecule has 3 aliphatic carbocycles. The zero-order valence-corrected chi connectivity index (χ0v) is 23.4. The predicted octanol–water partition coefficient (Wildman–Crippen LogP) is 5.96. The van der Waals surface area contributed by atoms with Gasteiger partial charge in [0, 0.05) is 33.8 Å². The third-order valence-corrected chi connectivity index (χ3v) is 11.2. The Balaban J connectivity index is 1.33. The number of carbonyl (C=O) groups is 3. The van der Waals surface area contributed by atoms with Crippen LogP contribution in [-0.2, 0) is 19.1 Å². The number of fused-ring (bicyclic) bond motifs is 4. The van der Waals surface area contributed by atoms with E-state index in [1.165, 1.54) is 11.1 Å². The molecule has 1 aromatic heterocycles. The van der Waals surface area contributed by atoms with Crippen molar-refractivity contribution in [1.82, 2.24) is 0 Å². The molecule has 3 fully saturated rings. The molecule has 9 atom stereocenters. The maximum Gasteiger partial charge on any atom is 0.335 e. The summed E-state index contributed by atoms with van der Waals surface area (Å²) in [6, 6.07) is 8.72. The van der Waals surface area contributed by atoms with E-state index in [9.17, 15) is 19.5 Å². The number of hydrogen-bond acceptors (Lipinski definition) is 6. The molecule has 7 nitrogen and oxygen atoms in total. The molecule has 0 bridgehead atoms. The van der Waals surface area contributed by atoms with E-state index >= 15 is 0 Å². The molecule has 40 heavy (non-hydrogen) atoms. The molecule has 1 N–H and O–H groups in total. The highest BCUT2D eigenvalue weighted by molar-refractivity contribution is 6.00. The molecule has 0 amide bonds. The van der Waals surface area contributed by atoms with Gasteiger partial charge in [-0.15, -0.1) is 0 Å². The smallest absolute Gasteiger partial charge is 0.335 e. The fourth-order valence-electron chi connectivity index (χ4n) is 9.67. The van der Waals surface area contributed by atoms with E-state index in [2.05, 4.69) is 27.7 Å². The zero-order chi connectivity index (χ0) is 28.4. The highest BCUT2D eigenvalue weighted by atomic mass is 16.6. The summed E-state index contributed by atoms with van der Waals surface area (Å²) >= 11 is 0. The molecule has 3 heterocycles. The molecular formula is C33H34O7. The van der Waals surface area contributed by atoms with Crippen molar-refractivity contribution in [3.8, 4) is 11.3 Å². The quantitative estimate of drug-likeness (QED) is 0.376. The van der Waals surface area contributed by atoms with E-state index in [0.717, 1.165) is 29.7 Å². The topological polar surface area (TPSA) is 103 Å². The minimum Gasteiger partial charge on any atom is -0.478 e. The summed E-state index contributed by atoms with van der Waals surface area (Å²) in [7, 11) is 0. The Bertz CT molecular complexity index is 1530. The van der Waals surface area contributed by atoms with Gasteiger partial charge in [0.2, 0.25) is 0 Å². The summed E-state index contributed by atoms with van der Waals surface area (Å²) < 4.78 is 19.0. The van der Waals surface area contributed by atoms with Crippen LogP contribution in [-0.4, -0.2) is 41.1 Å². The van der Waals surface area contributed by atoms with Crippen LogP contribution in [0.5, 0.6) is 0 Å². The molecule has 7 rings (SSSR count). The third-order valence-electron chi connectivity index (χ3n) is 11.2. The van der Waals surface area contributed by atoms with E-state index in [0.29, 0.717) is 0 Å². The largest absolute Gasteiger partial charge is 0.478 e. The van der Waals surface area contributed by atoms with Gasteiger partial charge in [-0.2, -0.15) is 0 Å². The highest BCUT2D eigenvalue weighted by Crippen LogP contribution is 2.72. The average molecular weight is 543 g/mol. The standard InChI is InChI=1S/C33H34O7/c1-6-22-32(4)23(34)11-13-31(3)27(32)26(40-30(31)37)28-33(22,5)24-16(2)20(15-21(24)39-28)19-12-14-38-25(19)17-7-9-18(10-8-17)29(35)36/h7-14,20-22,26-28H,6,15H2,1-5H3,(H,35,36)/t20-,21-,22-,26-,27+,28-,31-,32+,33-/m1/s1. The predicted molar refractivity (Wildman–Crippen MR) is 145 cm³/mol. The van der Waals surface area contributed by atoms with Crippen molar-refractivity contribution in [1.29, 1.82) is 0 Å². The van der Waals surface area contributed by atoms with Gasteiger partial charge in [-0.3, -0.25) is 9.59 Å². The number of carboxylic acids is 1. The summed E-state index contributed by atoms with van der Waals surface area (Å²) in [5.41, 5.74) is 2.46. The van der Waals surface area contributed by atoms with Crippen LogP contribution >= 0.6 is 0 Å². The van der Waals surface area contributed by atoms with Crippen molar-refractivity contribution < 1.29 is 33.4 Å². The van der Waals surface area contributed by atoms with Gasteiger partial charge in [0.25, 0.3) is 0 Å². The maximum absolute atomic E-state index is 13.8. The SMILES string of the molecule is CC[C@H]1[C@]2(C)C3=C(C)[C@H](c4ccoc4-c4ccc(C(=O)O)cc4)C[C@H]3O[C@@H]2[C@@H]2OC(=O)[C@]3(C)C=CC(=O)[C@@]1(C)[C@@H]23. The van der Waals surface area contributed by atoms with Crippen molar-refractivity contribution in [3.05, 3.63) is 71.0 Å². The Morgan fingerprint density at radius 2 is 1.80 bits per heavy atom. The second kappa shape index (κ2) is 8.06. The van der Waals surface area contributed by atoms with E-state index in [1.54, 1.807) is 42.7 Å². The number of ether oxygens (including phenoxy) is 2. The van der Waals surface area contributed by atoms with Gasteiger partial charge in [-0.25, -0.2) is 4.79 Å². The second-order valence-corrected chi connectivity index (χ2v) is 12.9. The van der Waals surface area contributed by atoms with Gasteiger partial charge < -0.3 is 19.0 Å². The van der Waals surface area contributed by atoms with Crippen molar-refractivity contribution in [3.63, 3.8) is 0 Å². The second-order valence-electron chi connectivity index (χ2n) is 12.9. The molecule has 7 heteroatoms. The summed E-state index contributed by atoms with van der Waals surface area (Å²) in [5, 5.41) is 9.30. The number of benzene rings is 1. The van der Waals surface area contributed by atoms with Crippen LogP contribution in [0.4, 0.5) is 0 Å². The molecule has 208 valence electrons. The molecule has 0 radical (unpaired) electrons. The van der Waals surface area contributed by atoms with Gasteiger partial charge in [-0.1, -0.05) is 51.0 Å². The van der Waals surface area contributed by atoms with E-state index in [-0.39, 0.29) is 47.3 Å². The first kappa shape index (κ1) is 25.5. The zero-order valence-electron chi connectivity index (χ0n) is 23.4. The number of carbonyl (C=O) groups excluding carboxylic acids is 2. The molecule has 2 aliphatic heterocycles. The van der Waals surface area contributed by atoms with Crippen molar-refractivity contribution in [2.24, 2.45) is 28.1 Å². The van der Waals surface area contributed by atoms with Crippen LogP contribution in [0, 0.1) is 28.1 Å². The fraction of sp³-hybridized carbons (Fsp3) is 0.485. The molecule has 1 saturated carbocycles. The van der Waals surface area contributed by atoms with E-state index < -0.39 is 28.3 Å². The summed E-state index contributed by atoms with van der Waals surface area (Å²) in [4.78, 5) is 38.4. The fourth-order valence-corrected chi connectivity index (χ4v) is 9.67. The number of rotatable bonds is 4. The maximum atomic E-state index is 13.8. The summed E-state index contributed by atoms with van der Waals surface area (Å²) in [5.74, 6) is -0.687. The monoisotopic (exact) mass is 542 g/mol. The van der Waals surface area contributed by atoms with Gasteiger partial charge in [0.15, 0.2) is 5.78 Å². The normalized spacial score (nSPS) is 41.1. The van der Waals surface area contributed by atoms with Gasteiger partial charge in [-0.05, 0) is 56.0 Å². The molecule has 2 saturated heterocycles. The van der Waals surface area contributed by atoms with Gasteiger partial charge >= 0.3 is 11.9 Å².